The van der Waals surface area contributed by atoms with Gasteiger partial charge in [-0.1, -0.05) is 26.7 Å². The summed E-state index contributed by atoms with van der Waals surface area (Å²) in [5, 5.41) is 3.62. The summed E-state index contributed by atoms with van der Waals surface area (Å²) in [7, 11) is 0. The van der Waals surface area contributed by atoms with E-state index >= 15 is 0 Å². The predicted octanol–water partition coefficient (Wildman–Crippen LogP) is 3.31. The van der Waals surface area contributed by atoms with Crippen LogP contribution in [0, 0.1) is 11.3 Å². The average Bonchev–Trinajstić information content (AvgIpc) is 2.68. The Morgan fingerprint density at radius 3 is 2.24 bits per heavy atom. The fourth-order valence-electron chi connectivity index (χ4n) is 2.93. The van der Waals surface area contributed by atoms with Gasteiger partial charge in [0.05, 0.1) is 0 Å². The first-order chi connectivity index (χ1) is 7.81. The lowest BCUT2D eigenvalue weighted by Gasteiger charge is -2.32. The van der Waals surface area contributed by atoms with Crippen molar-refractivity contribution in [3.05, 3.63) is 0 Å². The Bertz CT molecular complexity index is 209. The summed E-state index contributed by atoms with van der Waals surface area (Å²) in [6.07, 6.45) is 8.04. The van der Waals surface area contributed by atoms with Gasteiger partial charge in [-0.25, -0.2) is 0 Å². The fourth-order valence-corrected chi connectivity index (χ4v) is 2.93. The molecule has 17 heavy (non-hydrogen) atoms. The molecule has 1 rings (SSSR count). The van der Waals surface area contributed by atoms with Gasteiger partial charge in [-0.3, -0.25) is 0 Å². The van der Waals surface area contributed by atoms with E-state index in [-0.39, 0.29) is 5.54 Å². The number of rotatable bonds is 7. The first-order valence-electron chi connectivity index (χ1n) is 7.31. The first-order valence-corrected chi connectivity index (χ1v) is 7.31. The van der Waals surface area contributed by atoms with Crippen molar-refractivity contribution in [2.45, 2.75) is 71.8 Å². The highest BCUT2D eigenvalue weighted by Gasteiger charge is 2.31. The zero-order valence-corrected chi connectivity index (χ0v) is 12.3. The molecule has 0 atom stereocenters. The Balaban J connectivity index is 2.12. The second kappa shape index (κ2) is 6.19. The molecule has 0 aromatic carbocycles. The van der Waals surface area contributed by atoms with Crippen molar-refractivity contribution in [2.24, 2.45) is 17.1 Å². The van der Waals surface area contributed by atoms with Gasteiger partial charge in [-0.2, -0.15) is 0 Å². The van der Waals surface area contributed by atoms with Gasteiger partial charge in [0.15, 0.2) is 0 Å². The molecule has 0 amide bonds. The van der Waals surface area contributed by atoms with E-state index in [1.807, 2.05) is 0 Å². The number of nitrogens with one attached hydrogen (secondary N) is 1. The standard InChI is InChI=1S/C15H32N2/c1-14(2,13-8-5-6-9-13)12-17-11-7-10-15(3,4)16/h13,17H,5-12,16H2,1-4H3. The average molecular weight is 240 g/mol. The second-order valence-corrected chi connectivity index (χ2v) is 7.24. The summed E-state index contributed by atoms with van der Waals surface area (Å²) >= 11 is 0. The molecule has 0 unspecified atom stereocenters. The molecule has 0 radical (unpaired) electrons. The maximum absolute atomic E-state index is 5.98. The smallest absolute Gasteiger partial charge is 0.00975 e. The molecule has 0 aromatic rings. The molecule has 1 saturated carbocycles. The highest BCUT2D eigenvalue weighted by Crippen LogP contribution is 2.38. The van der Waals surface area contributed by atoms with Crippen molar-refractivity contribution in [1.82, 2.24) is 5.32 Å². The summed E-state index contributed by atoms with van der Waals surface area (Å²) in [5.41, 5.74) is 6.43. The van der Waals surface area contributed by atoms with E-state index in [4.69, 9.17) is 5.73 Å². The minimum absolute atomic E-state index is 0.0113. The van der Waals surface area contributed by atoms with Crippen molar-refractivity contribution in [2.75, 3.05) is 13.1 Å². The maximum Gasteiger partial charge on any atom is 0.00975 e. The highest BCUT2D eigenvalue weighted by atomic mass is 14.9. The van der Waals surface area contributed by atoms with Crippen LogP contribution in [0.2, 0.25) is 0 Å². The van der Waals surface area contributed by atoms with E-state index in [9.17, 15) is 0 Å². The second-order valence-electron chi connectivity index (χ2n) is 7.24. The van der Waals surface area contributed by atoms with Crippen LogP contribution in [0.15, 0.2) is 0 Å². The fraction of sp³-hybridized carbons (Fsp3) is 1.00. The van der Waals surface area contributed by atoms with Gasteiger partial charge in [0, 0.05) is 12.1 Å². The van der Waals surface area contributed by atoms with E-state index < -0.39 is 0 Å². The van der Waals surface area contributed by atoms with Crippen molar-refractivity contribution in [3.8, 4) is 0 Å². The number of nitrogens with two attached hydrogens (primary N) is 1. The third kappa shape index (κ3) is 5.87. The largest absolute Gasteiger partial charge is 0.326 e. The number of hydrogen-bond acceptors (Lipinski definition) is 2. The maximum atomic E-state index is 5.98. The van der Waals surface area contributed by atoms with Gasteiger partial charge in [-0.15, -0.1) is 0 Å². The molecule has 0 aromatic heterocycles. The van der Waals surface area contributed by atoms with Crippen LogP contribution in [-0.2, 0) is 0 Å². The molecule has 3 N–H and O–H groups in total. The summed E-state index contributed by atoms with van der Waals surface area (Å²) < 4.78 is 0. The lowest BCUT2D eigenvalue weighted by molar-refractivity contribution is 0.207. The molecule has 1 fully saturated rings. The molecule has 2 nitrogen and oxygen atoms in total. The third-order valence-electron chi connectivity index (χ3n) is 4.22. The van der Waals surface area contributed by atoms with Crippen LogP contribution in [0.25, 0.3) is 0 Å². The molecule has 102 valence electrons. The van der Waals surface area contributed by atoms with Gasteiger partial charge in [0.2, 0.25) is 0 Å². The van der Waals surface area contributed by atoms with Crippen LogP contribution >= 0.6 is 0 Å². The van der Waals surface area contributed by atoms with Crippen LogP contribution in [0.5, 0.6) is 0 Å². The topological polar surface area (TPSA) is 38.0 Å². The van der Waals surface area contributed by atoms with Gasteiger partial charge in [-0.05, 0) is 57.4 Å². The van der Waals surface area contributed by atoms with Crippen molar-refractivity contribution in [3.63, 3.8) is 0 Å². The van der Waals surface area contributed by atoms with E-state index in [0.29, 0.717) is 5.41 Å². The monoisotopic (exact) mass is 240 g/mol. The summed E-state index contributed by atoms with van der Waals surface area (Å²) in [6.45, 7) is 11.3. The quantitative estimate of drug-likeness (QED) is 0.670. The van der Waals surface area contributed by atoms with Crippen LogP contribution in [-0.4, -0.2) is 18.6 Å². The number of hydrogen-bond donors (Lipinski definition) is 2. The Morgan fingerprint density at radius 1 is 1.12 bits per heavy atom. The van der Waals surface area contributed by atoms with Crippen molar-refractivity contribution >= 4 is 0 Å². The van der Waals surface area contributed by atoms with Gasteiger partial charge in [0.25, 0.3) is 0 Å². The zero-order valence-electron chi connectivity index (χ0n) is 12.3. The molecule has 1 aliphatic rings. The predicted molar refractivity (Wildman–Crippen MR) is 76.1 cm³/mol. The third-order valence-corrected chi connectivity index (χ3v) is 4.22. The molecule has 0 aliphatic heterocycles. The van der Waals surface area contributed by atoms with E-state index in [2.05, 4.69) is 33.0 Å². The van der Waals surface area contributed by atoms with Crippen LogP contribution < -0.4 is 11.1 Å². The van der Waals surface area contributed by atoms with Gasteiger partial charge < -0.3 is 11.1 Å². The molecule has 1 aliphatic carbocycles. The molecule has 2 heteroatoms. The lowest BCUT2D eigenvalue weighted by Crippen LogP contribution is -2.36. The van der Waals surface area contributed by atoms with Gasteiger partial charge >= 0.3 is 0 Å². The van der Waals surface area contributed by atoms with Gasteiger partial charge in [0.1, 0.15) is 0 Å². The molecular weight excluding hydrogens is 208 g/mol. The first kappa shape index (κ1) is 15.0. The SMILES string of the molecule is CC(C)(N)CCCNCC(C)(C)C1CCCC1. The van der Waals surface area contributed by atoms with E-state index in [0.717, 1.165) is 25.4 Å². The zero-order chi connectivity index (χ0) is 12.9. The molecular formula is C15H32N2. The molecule has 0 spiro atoms. The molecule has 0 heterocycles. The summed E-state index contributed by atoms with van der Waals surface area (Å²) in [4.78, 5) is 0. The lowest BCUT2D eigenvalue weighted by atomic mass is 9.77. The van der Waals surface area contributed by atoms with Crippen LogP contribution in [0.3, 0.4) is 0 Å². The molecule has 0 saturated heterocycles. The van der Waals surface area contributed by atoms with E-state index in [1.165, 1.54) is 32.1 Å². The van der Waals surface area contributed by atoms with Crippen LogP contribution in [0.1, 0.15) is 66.2 Å². The Labute approximate surface area is 108 Å². The summed E-state index contributed by atoms with van der Waals surface area (Å²) in [5.74, 6) is 0.931. The Kier molecular flexibility index (Phi) is 5.46. The minimum Gasteiger partial charge on any atom is -0.326 e. The summed E-state index contributed by atoms with van der Waals surface area (Å²) in [6, 6.07) is 0. The van der Waals surface area contributed by atoms with Crippen molar-refractivity contribution in [1.29, 1.82) is 0 Å². The highest BCUT2D eigenvalue weighted by molar-refractivity contribution is 4.84. The van der Waals surface area contributed by atoms with E-state index in [1.54, 1.807) is 0 Å². The van der Waals surface area contributed by atoms with Crippen molar-refractivity contribution < 1.29 is 0 Å². The molecule has 0 bridgehead atoms. The minimum atomic E-state index is -0.0113. The normalized spacial score (nSPS) is 18.9. The Morgan fingerprint density at radius 2 is 1.71 bits per heavy atom. The van der Waals surface area contributed by atoms with Crippen LogP contribution in [0.4, 0.5) is 0 Å². The Hall–Kier alpha value is -0.0800.